The average molecular weight is 386 g/mol. The number of ether oxygens (including phenoxy) is 1. The molecule has 0 bridgehead atoms. The zero-order valence-corrected chi connectivity index (χ0v) is 15.4. The van der Waals surface area contributed by atoms with Crippen LogP contribution < -0.4 is 10.5 Å². The summed E-state index contributed by atoms with van der Waals surface area (Å²) in [5.41, 5.74) is 5.20. The van der Waals surface area contributed by atoms with Crippen molar-refractivity contribution in [2.75, 3.05) is 33.3 Å². The monoisotopic (exact) mass is 386 g/mol. The molecule has 0 aliphatic carbocycles. The van der Waals surface area contributed by atoms with Crippen LogP contribution in [0.1, 0.15) is 13.3 Å². The fourth-order valence-electron chi connectivity index (χ4n) is 2.70. The molecule has 0 aromatic heterocycles. The summed E-state index contributed by atoms with van der Waals surface area (Å²) >= 11 is 0. The molecule has 1 aliphatic heterocycles. The Morgan fingerprint density at radius 3 is 2.46 bits per heavy atom. The van der Waals surface area contributed by atoms with E-state index in [4.69, 9.17) is 10.5 Å². The molecule has 1 unspecified atom stereocenters. The van der Waals surface area contributed by atoms with Crippen molar-refractivity contribution in [2.45, 2.75) is 24.3 Å². The molecule has 1 atom stereocenters. The number of hydrogen-bond donors (Lipinski definition) is 1. The highest BCUT2D eigenvalue weighted by Gasteiger charge is 2.31. The number of carbonyl (C=O) groups excluding carboxylic acids is 1. The van der Waals surface area contributed by atoms with Crippen LogP contribution in [0.2, 0.25) is 0 Å². The van der Waals surface area contributed by atoms with E-state index in [9.17, 15) is 23.3 Å². The van der Waals surface area contributed by atoms with Gasteiger partial charge in [0.2, 0.25) is 15.9 Å². The van der Waals surface area contributed by atoms with Gasteiger partial charge in [0.25, 0.3) is 0 Å². The van der Waals surface area contributed by atoms with Crippen molar-refractivity contribution in [3.8, 4) is 5.75 Å². The van der Waals surface area contributed by atoms with Gasteiger partial charge in [0.05, 0.1) is 16.9 Å². The van der Waals surface area contributed by atoms with Gasteiger partial charge in [-0.25, -0.2) is 8.42 Å². The Hall–Kier alpha value is -2.24. The lowest BCUT2D eigenvalue weighted by Gasteiger charge is -2.34. The lowest BCUT2D eigenvalue weighted by molar-refractivity contribution is -0.386. The molecule has 2 rings (SSSR count). The number of hydrogen-bond acceptors (Lipinski definition) is 7. The maximum atomic E-state index is 12.8. The lowest BCUT2D eigenvalue weighted by atomic mass is 10.2. The summed E-state index contributed by atoms with van der Waals surface area (Å²) in [6, 6.07) is 3.26. The van der Waals surface area contributed by atoms with Gasteiger partial charge in [-0.05, 0) is 19.1 Å². The van der Waals surface area contributed by atoms with Crippen molar-refractivity contribution in [1.29, 1.82) is 0 Å². The molecular weight excluding hydrogens is 364 g/mol. The first-order valence-electron chi connectivity index (χ1n) is 8.02. The van der Waals surface area contributed by atoms with Gasteiger partial charge in [-0.1, -0.05) is 0 Å². The summed E-state index contributed by atoms with van der Waals surface area (Å²) < 4.78 is 31.6. The molecule has 1 aliphatic rings. The maximum absolute atomic E-state index is 12.8. The first kappa shape index (κ1) is 20.1. The van der Waals surface area contributed by atoms with Crippen LogP contribution in [-0.2, 0) is 14.8 Å². The molecule has 0 spiro atoms. The van der Waals surface area contributed by atoms with Crippen LogP contribution in [0.3, 0.4) is 0 Å². The molecule has 26 heavy (non-hydrogen) atoms. The summed E-state index contributed by atoms with van der Waals surface area (Å²) in [5.74, 6) is -0.127. The maximum Gasteiger partial charge on any atom is 0.312 e. The highest BCUT2D eigenvalue weighted by molar-refractivity contribution is 7.89. The number of nitro benzene ring substituents is 1. The summed E-state index contributed by atoms with van der Waals surface area (Å²) in [6.45, 7) is 2.47. The number of nitro groups is 1. The van der Waals surface area contributed by atoms with Crippen LogP contribution >= 0.6 is 0 Å². The number of nitrogens with two attached hydrogens (primary N) is 1. The zero-order valence-electron chi connectivity index (χ0n) is 14.6. The summed E-state index contributed by atoms with van der Waals surface area (Å²) in [4.78, 5) is 23.8. The van der Waals surface area contributed by atoms with E-state index in [1.165, 1.54) is 23.5 Å². The number of carbonyl (C=O) groups is 1. The first-order chi connectivity index (χ1) is 12.2. The second kappa shape index (κ2) is 7.98. The van der Waals surface area contributed by atoms with Crippen LogP contribution in [0.25, 0.3) is 0 Å². The van der Waals surface area contributed by atoms with Crippen molar-refractivity contribution in [2.24, 2.45) is 5.73 Å². The van der Waals surface area contributed by atoms with Gasteiger partial charge >= 0.3 is 5.69 Å². The predicted octanol–water partition coefficient (Wildman–Crippen LogP) is 0.174. The minimum Gasteiger partial charge on any atom is -0.490 e. The Labute approximate surface area is 151 Å². The van der Waals surface area contributed by atoms with Gasteiger partial charge in [0.1, 0.15) is 0 Å². The van der Waals surface area contributed by atoms with E-state index in [-0.39, 0.29) is 55.2 Å². The molecule has 2 N–H and O–H groups in total. The highest BCUT2D eigenvalue weighted by atomic mass is 32.2. The number of sulfonamides is 1. The number of benzene rings is 1. The number of amides is 1. The van der Waals surface area contributed by atoms with Gasteiger partial charge in [-0.2, -0.15) is 4.31 Å². The smallest absolute Gasteiger partial charge is 0.312 e. The van der Waals surface area contributed by atoms with Crippen molar-refractivity contribution in [1.82, 2.24) is 9.21 Å². The minimum absolute atomic E-state index is 0.0136. The largest absolute Gasteiger partial charge is 0.490 e. The minimum atomic E-state index is -3.90. The molecule has 1 saturated heterocycles. The molecular formula is C15H22N4O6S. The molecule has 11 heteroatoms. The predicted molar refractivity (Wildman–Crippen MR) is 93.3 cm³/mol. The van der Waals surface area contributed by atoms with Crippen LogP contribution in [-0.4, -0.2) is 67.8 Å². The standard InChI is InChI=1S/C15H22N4O6S/c1-11(16)9-15(20)17-5-7-18(8-6-17)26(23,24)12-3-4-14(25-2)13(10-12)19(21)22/h3-4,10-11H,5-9,16H2,1-2H3. The lowest BCUT2D eigenvalue weighted by Crippen LogP contribution is -2.51. The molecule has 0 radical (unpaired) electrons. The molecule has 1 fully saturated rings. The Bertz CT molecular complexity index is 787. The number of nitrogens with zero attached hydrogens (tertiary/aromatic N) is 3. The van der Waals surface area contributed by atoms with E-state index in [1.807, 2.05) is 0 Å². The normalized spacial score (nSPS) is 17.0. The summed E-state index contributed by atoms with van der Waals surface area (Å²) in [7, 11) is -2.63. The Morgan fingerprint density at radius 1 is 1.35 bits per heavy atom. The fourth-order valence-corrected chi connectivity index (χ4v) is 4.15. The molecule has 144 valence electrons. The number of methoxy groups -OCH3 is 1. The fraction of sp³-hybridized carbons (Fsp3) is 0.533. The van der Waals surface area contributed by atoms with Crippen LogP contribution in [0.4, 0.5) is 5.69 Å². The van der Waals surface area contributed by atoms with Gasteiger partial charge in [-0.3, -0.25) is 14.9 Å². The zero-order chi connectivity index (χ0) is 19.5. The average Bonchev–Trinajstić information content (AvgIpc) is 2.60. The highest BCUT2D eigenvalue weighted by Crippen LogP contribution is 2.30. The van der Waals surface area contributed by atoms with E-state index in [0.29, 0.717) is 0 Å². The van der Waals surface area contributed by atoms with Crippen molar-refractivity contribution in [3.63, 3.8) is 0 Å². The second-order valence-electron chi connectivity index (χ2n) is 6.06. The van der Waals surface area contributed by atoms with E-state index < -0.39 is 20.6 Å². The Morgan fingerprint density at radius 2 is 1.96 bits per heavy atom. The van der Waals surface area contributed by atoms with Gasteiger partial charge in [0.15, 0.2) is 5.75 Å². The van der Waals surface area contributed by atoms with E-state index >= 15 is 0 Å². The SMILES string of the molecule is COc1ccc(S(=O)(=O)N2CCN(C(=O)CC(C)N)CC2)cc1[N+](=O)[O-]. The molecule has 0 saturated carbocycles. The summed E-state index contributed by atoms with van der Waals surface area (Å²) in [6.07, 6.45) is 0.206. The van der Waals surface area contributed by atoms with Crippen LogP contribution in [0.5, 0.6) is 5.75 Å². The second-order valence-corrected chi connectivity index (χ2v) is 7.99. The third-order valence-corrected chi connectivity index (χ3v) is 5.97. The Balaban J connectivity index is 2.16. The molecule has 1 aromatic rings. The van der Waals surface area contributed by atoms with Crippen LogP contribution in [0, 0.1) is 10.1 Å². The van der Waals surface area contributed by atoms with Crippen molar-refractivity contribution in [3.05, 3.63) is 28.3 Å². The van der Waals surface area contributed by atoms with Crippen LogP contribution in [0.15, 0.2) is 23.1 Å². The molecule has 10 nitrogen and oxygen atoms in total. The van der Waals surface area contributed by atoms with E-state index in [2.05, 4.69) is 0 Å². The van der Waals surface area contributed by atoms with Gasteiger partial charge in [-0.15, -0.1) is 0 Å². The topological polar surface area (TPSA) is 136 Å². The van der Waals surface area contributed by atoms with Gasteiger partial charge < -0.3 is 15.4 Å². The van der Waals surface area contributed by atoms with E-state index in [0.717, 1.165) is 6.07 Å². The van der Waals surface area contributed by atoms with Crippen molar-refractivity contribution < 1.29 is 22.9 Å². The third kappa shape index (κ3) is 4.29. The number of rotatable bonds is 6. The Kier molecular flexibility index (Phi) is 6.16. The van der Waals surface area contributed by atoms with Crippen molar-refractivity contribution >= 4 is 21.6 Å². The number of piperazine rings is 1. The molecule has 1 aromatic carbocycles. The third-order valence-electron chi connectivity index (χ3n) is 4.07. The first-order valence-corrected chi connectivity index (χ1v) is 9.46. The van der Waals surface area contributed by atoms with Gasteiger partial charge in [0, 0.05) is 44.7 Å². The molecule has 1 heterocycles. The summed E-state index contributed by atoms with van der Waals surface area (Å²) in [5, 5.41) is 11.1. The van der Waals surface area contributed by atoms with E-state index in [1.54, 1.807) is 11.8 Å². The quantitative estimate of drug-likeness (QED) is 0.544. The molecule has 1 amide bonds.